The second-order valence-corrected chi connectivity index (χ2v) is 5.11. The fourth-order valence-electron chi connectivity index (χ4n) is 2.46. The monoisotopic (exact) mass is 300 g/mol. The van der Waals surface area contributed by atoms with Crippen molar-refractivity contribution in [2.75, 3.05) is 5.73 Å². The van der Waals surface area contributed by atoms with Gasteiger partial charge in [0, 0.05) is 12.1 Å². The van der Waals surface area contributed by atoms with Crippen LogP contribution in [0.15, 0.2) is 18.2 Å². The Morgan fingerprint density at radius 3 is 2.86 bits per heavy atom. The first-order chi connectivity index (χ1) is 10.1. The molecule has 106 valence electrons. The van der Waals surface area contributed by atoms with Gasteiger partial charge in [-0.1, -0.05) is 18.5 Å². The molecule has 3 rings (SSSR count). The molecule has 0 aliphatic carbocycles. The zero-order valence-electron chi connectivity index (χ0n) is 11.6. The first-order valence-electron chi connectivity index (χ1n) is 6.46. The van der Waals surface area contributed by atoms with E-state index in [9.17, 15) is 5.26 Å². The Labute approximate surface area is 126 Å². The molecular formula is C14H13ClN6. The zero-order valence-corrected chi connectivity index (χ0v) is 12.4. The lowest BCUT2D eigenvalue weighted by Crippen LogP contribution is -2.06. The fourth-order valence-corrected chi connectivity index (χ4v) is 2.62. The number of anilines is 1. The van der Waals surface area contributed by atoms with Crippen molar-refractivity contribution >= 4 is 28.7 Å². The zero-order chi connectivity index (χ0) is 15.1. The van der Waals surface area contributed by atoms with Gasteiger partial charge in [-0.25, -0.2) is 9.67 Å². The van der Waals surface area contributed by atoms with Crippen molar-refractivity contribution in [3.63, 3.8) is 0 Å². The number of fused-ring (bicyclic) bond motifs is 1. The Morgan fingerprint density at radius 2 is 2.19 bits per heavy atom. The Kier molecular flexibility index (Phi) is 3.07. The summed E-state index contributed by atoms with van der Waals surface area (Å²) in [5.74, 6) is 0.312. The molecule has 0 amide bonds. The number of aromatic nitrogens is 4. The summed E-state index contributed by atoms with van der Waals surface area (Å²) in [6.45, 7) is 2.01. The summed E-state index contributed by atoms with van der Waals surface area (Å²) in [6, 6.07) is 7.20. The van der Waals surface area contributed by atoms with E-state index in [1.54, 1.807) is 27.4 Å². The number of hydrogen-bond donors (Lipinski definition) is 1. The lowest BCUT2D eigenvalue weighted by molar-refractivity contribution is 0.751. The second kappa shape index (κ2) is 4.79. The van der Waals surface area contributed by atoms with Gasteiger partial charge in [-0.15, -0.1) is 0 Å². The largest absolute Gasteiger partial charge is 0.369 e. The highest BCUT2D eigenvalue weighted by molar-refractivity contribution is 6.30. The average molecular weight is 301 g/mol. The molecule has 6 nitrogen and oxygen atoms in total. The third-order valence-electron chi connectivity index (χ3n) is 3.39. The van der Waals surface area contributed by atoms with Crippen LogP contribution in [0.5, 0.6) is 0 Å². The number of nitrogen functional groups attached to an aromatic ring is 1. The van der Waals surface area contributed by atoms with Gasteiger partial charge in [0.25, 0.3) is 0 Å². The maximum absolute atomic E-state index is 9.30. The van der Waals surface area contributed by atoms with Crippen LogP contribution in [0.2, 0.25) is 5.02 Å². The Hall–Kier alpha value is -2.52. The van der Waals surface area contributed by atoms with Crippen LogP contribution in [-0.4, -0.2) is 19.3 Å². The fraction of sp³-hybridized carbons (Fsp3) is 0.214. The summed E-state index contributed by atoms with van der Waals surface area (Å²) in [5.41, 5.74) is 9.52. The molecule has 2 heterocycles. The normalized spacial score (nSPS) is 11.0. The molecule has 0 aliphatic heterocycles. The molecule has 0 bridgehead atoms. The highest BCUT2D eigenvalue weighted by atomic mass is 35.5. The van der Waals surface area contributed by atoms with Crippen LogP contribution in [0.4, 0.5) is 5.95 Å². The molecule has 0 saturated carbocycles. The summed E-state index contributed by atoms with van der Waals surface area (Å²) in [5, 5.41) is 14.3. The Balaban J connectivity index is 2.41. The molecule has 0 radical (unpaired) electrons. The van der Waals surface area contributed by atoms with Crippen LogP contribution in [0.3, 0.4) is 0 Å². The Morgan fingerprint density at radius 1 is 1.43 bits per heavy atom. The summed E-state index contributed by atoms with van der Waals surface area (Å²) in [4.78, 5) is 4.39. The highest BCUT2D eigenvalue weighted by Crippen LogP contribution is 2.28. The first-order valence-corrected chi connectivity index (χ1v) is 6.84. The third-order valence-corrected chi connectivity index (χ3v) is 3.62. The topological polar surface area (TPSA) is 85.5 Å². The van der Waals surface area contributed by atoms with Gasteiger partial charge in [0.15, 0.2) is 5.65 Å². The van der Waals surface area contributed by atoms with Crippen molar-refractivity contribution in [1.29, 1.82) is 5.26 Å². The van der Waals surface area contributed by atoms with E-state index in [2.05, 4.69) is 16.2 Å². The van der Waals surface area contributed by atoms with Crippen LogP contribution in [0.25, 0.3) is 16.9 Å². The number of benzene rings is 1. The molecular weight excluding hydrogens is 288 g/mol. The number of halogens is 1. The number of aryl methyl sites for hydroxylation is 2. The van der Waals surface area contributed by atoms with E-state index >= 15 is 0 Å². The van der Waals surface area contributed by atoms with E-state index in [1.807, 2.05) is 14.0 Å². The van der Waals surface area contributed by atoms with E-state index in [-0.39, 0.29) is 0 Å². The van der Waals surface area contributed by atoms with Gasteiger partial charge in [-0.2, -0.15) is 10.4 Å². The third kappa shape index (κ3) is 1.94. The minimum atomic E-state index is 0.312. The number of nitrogens with two attached hydrogens (primary N) is 1. The van der Waals surface area contributed by atoms with Gasteiger partial charge in [0.1, 0.15) is 11.6 Å². The molecule has 3 aromatic rings. The first kappa shape index (κ1) is 13.5. The van der Waals surface area contributed by atoms with E-state index in [1.165, 1.54) is 0 Å². The van der Waals surface area contributed by atoms with Crippen molar-refractivity contribution in [3.8, 4) is 11.8 Å². The average Bonchev–Trinajstić information content (AvgIpc) is 2.95. The van der Waals surface area contributed by atoms with Gasteiger partial charge in [-0.3, -0.25) is 4.57 Å². The quantitative estimate of drug-likeness (QED) is 0.787. The lowest BCUT2D eigenvalue weighted by Gasteiger charge is -2.09. The van der Waals surface area contributed by atoms with Crippen LogP contribution < -0.4 is 5.73 Å². The predicted molar refractivity (Wildman–Crippen MR) is 81.4 cm³/mol. The molecule has 0 atom stereocenters. The van der Waals surface area contributed by atoms with Crippen molar-refractivity contribution in [3.05, 3.63) is 34.5 Å². The molecule has 0 fully saturated rings. The molecule has 0 aliphatic rings. The van der Waals surface area contributed by atoms with Gasteiger partial charge in [-0.05, 0) is 24.6 Å². The maximum atomic E-state index is 9.30. The minimum Gasteiger partial charge on any atom is -0.369 e. The standard InChI is InChI=1S/C14H13ClN6/c1-3-10-12-13(20(2)19-10)21(14(17)18-12)11-6-9(15)5-4-8(11)7-16/h4-6H,3H2,1-2H3,(H2,17,18). The summed E-state index contributed by atoms with van der Waals surface area (Å²) >= 11 is 6.06. The lowest BCUT2D eigenvalue weighted by atomic mass is 10.2. The van der Waals surface area contributed by atoms with Crippen molar-refractivity contribution in [1.82, 2.24) is 19.3 Å². The van der Waals surface area contributed by atoms with Gasteiger partial charge < -0.3 is 5.73 Å². The second-order valence-electron chi connectivity index (χ2n) is 4.67. The van der Waals surface area contributed by atoms with E-state index in [0.717, 1.165) is 23.3 Å². The number of nitriles is 1. The van der Waals surface area contributed by atoms with Gasteiger partial charge in [0.2, 0.25) is 5.95 Å². The number of nitrogens with zero attached hydrogens (tertiary/aromatic N) is 5. The highest BCUT2D eigenvalue weighted by Gasteiger charge is 2.20. The summed E-state index contributed by atoms with van der Waals surface area (Å²) in [6.07, 6.45) is 0.758. The van der Waals surface area contributed by atoms with Gasteiger partial charge in [0.05, 0.1) is 16.9 Å². The van der Waals surface area contributed by atoms with Crippen molar-refractivity contribution in [2.24, 2.45) is 7.05 Å². The summed E-state index contributed by atoms with van der Waals surface area (Å²) < 4.78 is 3.44. The number of rotatable bonds is 2. The number of hydrogen-bond acceptors (Lipinski definition) is 4. The van der Waals surface area contributed by atoms with Crippen LogP contribution in [0.1, 0.15) is 18.2 Å². The molecule has 0 spiro atoms. The molecule has 1 aromatic carbocycles. The summed E-state index contributed by atoms with van der Waals surface area (Å²) in [7, 11) is 1.83. The van der Waals surface area contributed by atoms with Crippen LogP contribution in [-0.2, 0) is 13.5 Å². The van der Waals surface area contributed by atoms with E-state index in [4.69, 9.17) is 17.3 Å². The molecule has 7 heteroatoms. The maximum Gasteiger partial charge on any atom is 0.207 e. The van der Waals surface area contributed by atoms with E-state index < -0.39 is 0 Å². The molecule has 0 saturated heterocycles. The molecule has 2 N–H and O–H groups in total. The molecule has 21 heavy (non-hydrogen) atoms. The SMILES string of the molecule is CCc1nn(C)c2c1nc(N)n2-c1cc(Cl)ccc1C#N. The van der Waals surface area contributed by atoms with Crippen LogP contribution in [0, 0.1) is 11.3 Å². The minimum absolute atomic E-state index is 0.312. The molecule has 2 aromatic heterocycles. The smallest absolute Gasteiger partial charge is 0.207 e. The van der Waals surface area contributed by atoms with Crippen molar-refractivity contribution in [2.45, 2.75) is 13.3 Å². The van der Waals surface area contributed by atoms with Gasteiger partial charge >= 0.3 is 0 Å². The van der Waals surface area contributed by atoms with E-state index in [0.29, 0.717) is 22.2 Å². The number of imidazole rings is 1. The van der Waals surface area contributed by atoms with Crippen LogP contribution >= 0.6 is 11.6 Å². The predicted octanol–water partition coefficient (Wildman–Crippen LogP) is 2.43. The van der Waals surface area contributed by atoms with Crippen molar-refractivity contribution < 1.29 is 0 Å². The Bertz CT molecular complexity index is 883. The molecule has 0 unspecified atom stereocenters.